The molecule has 2 fully saturated rings. The van der Waals surface area contributed by atoms with Crippen LogP contribution in [0.5, 0.6) is 0 Å². The van der Waals surface area contributed by atoms with E-state index in [1.165, 1.54) is 197 Å². The Kier molecular flexibility index (Phi) is 10.7. The SMILES string of the molecule is CC(C)c1ccc(N(c2ccccc2)c2ccc3c4cc5c(cc4n4c6ccc(C7CCCCC7)cc6c2c34)c2ccc(N(c3ccccc3)c3ccc(C(C)C)cc3)c3c4cc(C6CCCCC6)ccc4n5c23)cc1. The van der Waals surface area contributed by atoms with E-state index in [9.17, 15) is 0 Å². The highest BCUT2D eigenvalue weighted by atomic mass is 15.2. The highest BCUT2D eigenvalue weighted by molar-refractivity contribution is 6.32. The lowest BCUT2D eigenvalue weighted by Crippen LogP contribution is -2.10. The first kappa shape index (κ1) is 45.6. The molecule has 0 N–H and O–H groups in total. The Morgan fingerprint density at radius 2 is 0.724 bits per heavy atom. The van der Waals surface area contributed by atoms with Gasteiger partial charge in [0.15, 0.2) is 0 Å². The molecule has 4 heteroatoms. The predicted octanol–water partition coefficient (Wildman–Crippen LogP) is 21.3. The van der Waals surface area contributed by atoms with Crippen molar-refractivity contribution in [2.75, 3.05) is 9.80 Å². The summed E-state index contributed by atoms with van der Waals surface area (Å²) in [5, 5.41) is 10.6. The highest BCUT2D eigenvalue weighted by Gasteiger charge is 2.30. The minimum absolute atomic E-state index is 0.459. The topological polar surface area (TPSA) is 15.3 Å². The van der Waals surface area contributed by atoms with Gasteiger partial charge in [-0.3, -0.25) is 0 Å². The summed E-state index contributed by atoms with van der Waals surface area (Å²) < 4.78 is 5.28. The summed E-state index contributed by atoms with van der Waals surface area (Å²) in [5.41, 5.74) is 20.5. The van der Waals surface area contributed by atoms with E-state index in [0.29, 0.717) is 23.7 Å². The van der Waals surface area contributed by atoms with Gasteiger partial charge in [-0.2, -0.15) is 0 Å². The Hall–Kier alpha value is -7.82. The molecule has 4 heterocycles. The molecule has 0 radical (unpaired) electrons. The van der Waals surface area contributed by atoms with Crippen molar-refractivity contribution in [1.82, 2.24) is 8.80 Å². The molecule has 0 spiro atoms. The first-order valence-electron chi connectivity index (χ1n) is 28.7. The molecule has 15 rings (SSSR count). The molecular formula is C72H66N4. The average molecular weight is 987 g/mol. The molecule has 2 saturated carbocycles. The number of para-hydroxylation sites is 2. The smallest absolute Gasteiger partial charge is 0.0641 e. The molecule has 0 amide bonds. The van der Waals surface area contributed by atoms with Crippen LogP contribution in [0, 0.1) is 0 Å². The number of nitrogens with zero attached hydrogens (tertiary/aromatic N) is 4. The second kappa shape index (κ2) is 17.9. The molecule has 0 aliphatic heterocycles. The standard InChI is InChI=1S/C72H66N4/c1-45(2)47-25-31-55(32-26-47)73(53-21-13-7-14-22-53)65-39-35-57-59-43-68-60(44-67(59)75-63-37-29-51(49-17-9-5-10-18-49)41-61(63)69(65)71(57)75)58-36-40-66(74(54-23-15-8-16-24-54)56-33-27-48(28-34-56)46(3)4)70-62-42-52(50-19-11-6-12-20-50)30-38-64(62)76(68)72(58)70/h7-8,13-16,21-46,49-50H,5-6,9-12,17-20H2,1-4H3. The van der Waals surface area contributed by atoms with Gasteiger partial charge in [-0.15, -0.1) is 0 Å². The summed E-state index contributed by atoms with van der Waals surface area (Å²) in [6, 6.07) is 70.6. The van der Waals surface area contributed by atoms with Crippen molar-refractivity contribution in [1.29, 1.82) is 0 Å². The van der Waals surface area contributed by atoms with E-state index in [0.717, 1.165) is 0 Å². The maximum Gasteiger partial charge on any atom is 0.0641 e. The lowest BCUT2D eigenvalue weighted by molar-refractivity contribution is 0.444. The van der Waals surface area contributed by atoms with Gasteiger partial charge in [0.2, 0.25) is 0 Å². The highest BCUT2D eigenvalue weighted by Crippen LogP contribution is 2.52. The largest absolute Gasteiger partial charge is 0.310 e. The fourth-order valence-electron chi connectivity index (χ4n) is 14.4. The van der Waals surface area contributed by atoms with Gasteiger partial charge < -0.3 is 18.6 Å². The zero-order valence-electron chi connectivity index (χ0n) is 44.5. The Morgan fingerprint density at radius 3 is 1.11 bits per heavy atom. The number of aromatic nitrogens is 2. The first-order valence-corrected chi connectivity index (χ1v) is 28.7. The molecule has 9 aromatic carbocycles. The van der Waals surface area contributed by atoms with Gasteiger partial charge in [-0.1, -0.05) is 151 Å². The molecular weight excluding hydrogens is 921 g/mol. The minimum atomic E-state index is 0.459. The molecule has 374 valence electrons. The van der Waals surface area contributed by atoms with Gasteiger partial charge in [0, 0.05) is 65.8 Å². The molecule has 4 aromatic heterocycles. The van der Waals surface area contributed by atoms with Crippen LogP contribution in [0.2, 0.25) is 0 Å². The monoisotopic (exact) mass is 987 g/mol. The van der Waals surface area contributed by atoms with Crippen LogP contribution in [-0.4, -0.2) is 8.80 Å². The molecule has 0 unspecified atom stereocenters. The van der Waals surface area contributed by atoms with Crippen molar-refractivity contribution >= 4 is 110 Å². The van der Waals surface area contributed by atoms with E-state index >= 15 is 0 Å². The lowest BCUT2D eigenvalue weighted by Gasteiger charge is -2.27. The van der Waals surface area contributed by atoms with Crippen molar-refractivity contribution in [3.05, 3.63) is 204 Å². The third kappa shape index (κ3) is 7.02. The molecule has 0 atom stereocenters. The Balaban J connectivity index is 1.02. The van der Waals surface area contributed by atoms with Crippen molar-refractivity contribution in [2.45, 2.75) is 116 Å². The van der Waals surface area contributed by atoms with Gasteiger partial charge >= 0.3 is 0 Å². The Labute approximate surface area is 446 Å². The minimum Gasteiger partial charge on any atom is -0.310 e. The van der Waals surface area contributed by atoms with Crippen molar-refractivity contribution in [2.24, 2.45) is 0 Å². The third-order valence-corrected chi connectivity index (χ3v) is 18.3. The average Bonchev–Trinajstić information content (AvgIpc) is 4.40. The van der Waals surface area contributed by atoms with Crippen LogP contribution in [0.4, 0.5) is 34.1 Å². The maximum atomic E-state index is 2.64. The molecule has 0 saturated heterocycles. The zero-order valence-corrected chi connectivity index (χ0v) is 44.5. The van der Waals surface area contributed by atoms with Crippen LogP contribution >= 0.6 is 0 Å². The van der Waals surface area contributed by atoms with E-state index in [2.05, 4.69) is 228 Å². The van der Waals surface area contributed by atoms with E-state index in [1.807, 2.05) is 0 Å². The maximum absolute atomic E-state index is 2.64. The Morgan fingerprint density at radius 1 is 0.342 bits per heavy atom. The molecule has 76 heavy (non-hydrogen) atoms. The van der Waals surface area contributed by atoms with Crippen LogP contribution in [0.15, 0.2) is 182 Å². The number of anilines is 6. The van der Waals surface area contributed by atoms with Crippen molar-refractivity contribution in [3.63, 3.8) is 0 Å². The molecule has 0 bridgehead atoms. The van der Waals surface area contributed by atoms with Gasteiger partial charge in [-0.25, -0.2) is 0 Å². The number of benzene rings is 9. The summed E-state index contributed by atoms with van der Waals surface area (Å²) in [7, 11) is 0. The summed E-state index contributed by atoms with van der Waals surface area (Å²) in [5.74, 6) is 2.12. The number of fused-ring (bicyclic) bond motifs is 12. The van der Waals surface area contributed by atoms with E-state index in [-0.39, 0.29) is 0 Å². The summed E-state index contributed by atoms with van der Waals surface area (Å²) in [6.45, 7) is 9.14. The second-order valence-corrected chi connectivity index (χ2v) is 23.3. The number of hydrogen-bond acceptors (Lipinski definition) is 2. The van der Waals surface area contributed by atoms with Crippen LogP contribution in [-0.2, 0) is 0 Å². The van der Waals surface area contributed by atoms with Gasteiger partial charge in [0.25, 0.3) is 0 Å². The normalized spacial score (nSPS) is 15.2. The zero-order chi connectivity index (χ0) is 50.8. The molecule has 13 aromatic rings. The first-order chi connectivity index (χ1) is 37.4. The molecule has 2 aliphatic rings. The lowest BCUT2D eigenvalue weighted by atomic mass is 9.83. The van der Waals surface area contributed by atoms with Crippen LogP contribution < -0.4 is 9.80 Å². The quantitative estimate of drug-likeness (QED) is 0.136. The van der Waals surface area contributed by atoms with E-state index in [4.69, 9.17) is 0 Å². The van der Waals surface area contributed by atoms with Crippen LogP contribution in [0.1, 0.15) is 138 Å². The number of rotatable bonds is 10. The van der Waals surface area contributed by atoms with Crippen LogP contribution in [0.3, 0.4) is 0 Å². The predicted molar refractivity (Wildman–Crippen MR) is 325 cm³/mol. The second-order valence-electron chi connectivity index (χ2n) is 23.3. The Bertz CT molecular complexity index is 4000. The van der Waals surface area contributed by atoms with Gasteiger partial charge in [0.05, 0.1) is 44.5 Å². The molecule has 4 nitrogen and oxygen atoms in total. The fourth-order valence-corrected chi connectivity index (χ4v) is 14.4. The van der Waals surface area contributed by atoms with Gasteiger partial charge in [0.1, 0.15) is 0 Å². The number of hydrogen-bond donors (Lipinski definition) is 0. The van der Waals surface area contributed by atoms with Crippen molar-refractivity contribution < 1.29 is 0 Å². The van der Waals surface area contributed by atoms with Crippen LogP contribution in [0.25, 0.3) is 76.2 Å². The van der Waals surface area contributed by atoms with E-state index < -0.39 is 0 Å². The third-order valence-electron chi connectivity index (χ3n) is 18.3. The fraction of sp³-hybridized carbons (Fsp3) is 0.250. The summed E-state index contributed by atoms with van der Waals surface area (Å²) in [6.07, 6.45) is 13.0. The van der Waals surface area contributed by atoms with E-state index in [1.54, 1.807) is 0 Å². The molecule has 2 aliphatic carbocycles. The summed E-state index contributed by atoms with van der Waals surface area (Å²) in [4.78, 5) is 5.03. The summed E-state index contributed by atoms with van der Waals surface area (Å²) >= 11 is 0. The van der Waals surface area contributed by atoms with Crippen molar-refractivity contribution in [3.8, 4) is 0 Å². The van der Waals surface area contributed by atoms with Gasteiger partial charge in [-0.05, 0) is 169 Å².